The zero-order valence-electron chi connectivity index (χ0n) is 13.6. The third-order valence-corrected chi connectivity index (χ3v) is 4.41. The van der Waals surface area contributed by atoms with Crippen molar-refractivity contribution in [2.75, 3.05) is 0 Å². The maximum atomic E-state index is 13.2. The van der Waals surface area contributed by atoms with Crippen molar-refractivity contribution in [3.8, 4) is 5.75 Å². The fraction of sp³-hybridized carbons (Fsp3) is 0.150. The van der Waals surface area contributed by atoms with Gasteiger partial charge in [0.2, 0.25) is 0 Å². The summed E-state index contributed by atoms with van der Waals surface area (Å²) in [5.41, 5.74) is 1.71. The number of Topliss-reactive ketones (excluding diaryl/α,β-unsaturated/α-hetero) is 1. The molecule has 0 radical (unpaired) electrons. The van der Waals surface area contributed by atoms with Crippen LogP contribution in [0.15, 0.2) is 64.8 Å². The summed E-state index contributed by atoms with van der Waals surface area (Å²) in [7, 11) is 0. The summed E-state index contributed by atoms with van der Waals surface area (Å²) in [6, 6.07) is 4.65. The molecule has 1 aromatic carbocycles. The van der Waals surface area contributed by atoms with Crippen LogP contribution in [0.5, 0.6) is 5.75 Å². The molecule has 0 amide bonds. The Bertz CT molecular complexity index is 907. The van der Waals surface area contributed by atoms with E-state index in [1.165, 1.54) is 30.4 Å². The molecule has 2 aliphatic carbocycles. The van der Waals surface area contributed by atoms with E-state index in [2.05, 4.69) is 0 Å². The van der Waals surface area contributed by atoms with Crippen molar-refractivity contribution >= 4 is 17.5 Å². The number of ketones is 2. The van der Waals surface area contributed by atoms with Crippen molar-refractivity contribution in [1.29, 1.82) is 0 Å². The predicted octanol–water partition coefficient (Wildman–Crippen LogP) is 2.91. The van der Waals surface area contributed by atoms with Crippen LogP contribution in [0, 0.1) is 0 Å². The van der Waals surface area contributed by atoms with E-state index in [4.69, 9.17) is 0 Å². The Hall–Kier alpha value is -3.21. The summed E-state index contributed by atoms with van der Waals surface area (Å²) in [5, 5.41) is 19.8. The Balaban J connectivity index is 2.32. The molecule has 5 nitrogen and oxygen atoms in total. The lowest BCUT2D eigenvalue weighted by Crippen LogP contribution is -2.20. The second-order valence-corrected chi connectivity index (χ2v) is 5.99. The molecule has 0 bridgehead atoms. The molecule has 25 heavy (non-hydrogen) atoms. The van der Waals surface area contributed by atoms with E-state index in [-0.39, 0.29) is 28.2 Å². The first-order valence-electron chi connectivity index (χ1n) is 7.83. The third kappa shape index (κ3) is 2.96. The molecule has 5 heteroatoms. The molecule has 0 heterocycles. The number of carboxylic acid groups (broad SMARTS) is 1. The van der Waals surface area contributed by atoms with E-state index in [9.17, 15) is 24.6 Å². The first-order chi connectivity index (χ1) is 11.9. The summed E-state index contributed by atoms with van der Waals surface area (Å²) < 4.78 is 0. The lowest BCUT2D eigenvalue weighted by molar-refractivity contribution is -0.132. The van der Waals surface area contributed by atoms with Crippen molar-refractivity contribution in [2.45, 2.75) is 19.8 Å². The molecule has 0 saturated carbocycles. The number of aliphatic carboxylic acids is 1. The Morgan fingerprint density at radius 1 is 1.04 bits per heavy atom. The van der Waals surface area contributed by atoms with Crippen LogP contribution < -0.4 is 0 Å². The number of hydrogen-bond acceptors (Lipinski definition) is 4. The first kappa shape index (κ1) is 16.6. The third-order valence-electron chi connectivity index (χ3n) is 4.41. The maximum Gasteiger partial charge on any atom is 0.336 e. The van der Waals surface area contributed by atoms with E-state index >= 15 is 0 Å². The van der Waals surface area contributed by atoms with E-state index in [1.807, 2.05) is 0 Å². The second kappa shape index (κ2) is 6.36. The van der Waals surface area contributed by atoms with Crippen LogP contribution in [-0.2, 0) is 16.0 Å². The van der Waals surface area contributed by atoms with Gasteiger partial charge in [-0.05, 0) is 43.6 Å². The molecule has 126 valence electrons. The van der Waals surface area contributed by atoms with Gasteiger partial charge in [0.1, 0.15) is 5.75 Å². The topological polar surface area (TPSA) is 91.7 Å². The monoisotopic (exact) mass is 336 g/mol. The van der Waals surface area contributed by atoms with Crippen molar-refractivity contribution in [3.05, 3.63) is 75.9 Å². The number of rotatable bonds is 1. The number of carbonyl (C=O) groups is 3. The minimum absolute atomic E-state index is 0.0201. The lowest BCUT2D eigenvalue weighted by Gasteiger charge is -2.20. The predicted molar refractivity (Wildman–Crippen MR) is 91.4 cm³/mol. The normalized spacial score (nSPS) is 20.4. The summed E-state index contributed by atoms with van der Waals surface area (Å²) in [6.45, 7) is 1.67. The maximum absolute atomic E-state index is 13.2. The fourth-order valence-corrected chi connectivity index (χ4v) is 3.14. The largest absolute Gasteiger partial charge is 0.508 e. The summed E-state index contributed by atoms with van der Waals surface area (Å²) in [4.78, 5) is 36.4. The molecule has 0 fully saturated rings. The highest BCUT2D eigenvalue weighted by Crippen LogP contribution is 2.34. The first-order valence-corrected chi connectivity index (χ1v) is 7.83. The van der Waals surface area contributed by atoms with Crippen molar-refractivity contribution < 1.29 is 24.6 Å². The fourth-order valence-electron chi connectivity index (χ4n) is 3.14. The number of hydrogen-bond donors (Lipinski definition) is 2. The molecular formula is C20H16O5. The molecule has 2 aliphatic rings. The Kier molecular flexibility index (Phi) is 4.23. The van der Waals surface area contributed by atoms with Crippen LogP contribution in [-0.4, -0.2) is 27.7 Å². The van der Waals surface area contributed by atoms with E-state index in [1.54, 1.807) is 19.1 Å². The van der Waals surface area contributed by atoms with Crippen LogP contribution in [0.1, 0.15) is 29.3 Å². The zero-order chi connectivity index (χ0) is 18.1. The summed E-state index contributed by atoms with van der Waals surface area (Å²) in [5.74, 6) is -1.86. The van der Waals surface area contributed by atoms with E-state index in [0.717, 1.165) is 0 Å². The number of fused-ring (bicyclic) bond motifs is 1. The van der Waals surface area contributed by atoms with E-state index < -0.39 is 11.8 Å². The minimum Gasteiger partial charge on any atom is -0.508 e. The molecule has 0 unspecified atom stereocenters. The molecule has 0 aromatic heterocycles. The standard InChI is InChI=1S/C20H16O5/c1-11-5-10-14-15(3-2-4-16(14)22)19(23)18(17(11)20(24)25)12-6-8-13(21)9-7-12/h2-4,6-9,22H,5,10H2,1H3,(H,24,25)/b17-11-. The van der Waals surface area contributed by atoms with Gasteiger partial charge in [0.15, 0.2) is 11.6 Å². The van der Waals surface area contributed by atoms with E-state index in [0.29, 0.717) is 29.6 Å². The van der Waals surface area contributed by atoms with Gasteiger partial charge >= 0.3 is 5.97 Å². The molecule has 0 saturated heterocycles. The number of phenolic OH excluding ortho intramolecular Hbond substituents is 1. The Morgan fingerprint density at radius 2 is 1.72 bits per heavy atom. The SMILES string of the molecule is C/C1=C(/C(=O)O)C(=C2C=CC(=O)C=C2)C(=O)c2cccc(O)c2CC1. The zero-order valence-corrected chi connectivity index (χ0v) is 13.6. The average molecular weight is 336 g/mol. The van der Waals surface area contributed by atoms with Gasteiger partial charge in [-0.1, -0.05) is 29.9 Å². The molecule has 2 N–H and O–H groups in total. The van der Waals surface area contributed by atoms with Crippen LogP contribution >= 0.6 is 0 Å². The van der Waals surface area contributed by atoms with Gasteiger partial charge in [0.05, 0.1) is 5.57 Å². The quantitative estimate of drug-likeness (QED) is 0.769. The van der Waals surface area contributed by atoms with Crippen molar-refractivity contribution in [1.82, 2.24) is 0 Å². The highest BCUT2D eigenvalue weighted by Gasteiger charge is 2.30. The molecule has 1 aromatic rings. The smallest absolute Gasteiger partial charge is 0.336 e. The lowest BCUT2D eigenvalue weighted by atomic mass is 9.82. The average Bonchev–Trinajstić information content (AvgIpc) is 2.57. The van der Waals surface area contributed by atoms with Crippen LogP contribution in [0.4, 0.5) is 0 Å². The number of allylic oxidation sites excluding steroid dienone is 6. The summed E-state index contributed by atoms with van der Waals surface area (Å²) in [6.07, 6.45) is 6.29. The van der Waals surface area contributed by atoms with Gasteiger partial charge in [0, 0.05) is 16.7 Å². The highest BCUT2D eigenvalue weighted by atomic mass is 16.4. The van der Waals surface area contributed by atoms with Crippen LogP contribution in [0.25, 0.3) is 0 Å². The van der Waals surface area contributed by atoms with Crippen LogP contribution in [0.2, 0.25) is 0 Å². The van der Waals surface area contributed by atoms with Gasteiger partial charge in [-0.25, -0.2) is 4.79 Å². The molecular weight excluding hydrogens is 320 g/mol. The van der Waals surface area contributed by atoms with Gasteiger partial charge in [0.25, 0.3) is 0 Å². The Morgan fingerprint density at radius 3 is 2.36 bits per heavy atom. The van der Waals surface area contributed by atoms with Gasteiger partial charge in [-0.2, -0.15) is 0 Å². The van der Waals surface area contributed by atoms with Gasteiger partial charge < -0.3 is 10.2 Å². The number of carbonyl (C=O) groups excluding carboxylic acids is 2. The minimum atomic E-state index is -1.18. The second-order valence-electron chi connectivity index (χ2n) is 5.99. The number of benzene rings is 1. The van der Waals surface area contributed by atoms with Crippen LogP contribution in [0.3, 0.4) is 0 Å². The number of phenols is 1. The van der Waals surface area contributed by atoms with Crippen molar-refractivity contribution in [3.63, 3.8) is 0 Å². The Labute approximate surface area is 144 Å². The number of aromatic hydroxyl groups is 1. The van der Waals surface area contributed by atoms with Gasteiger partial charge in [-0.3, -0.25) is 9.59 Å². The molecule has 0 spiro atoms. The molecule has 0 atom stereocenters. The molecule has 3 rings (SSSR count). The summed E-state index contributed by atoms with van der Waals surface area (Å²) >= 11 is 0. The highest BCUT2D eigenvalue weighted by molar-refractivity contribution is 6.20. The van der Waals surface area contributed by atoms with Gasteiger partial charge in [-0.15, -0.1) is 0 Å². The van der Waals surface area contributed by atoms with Crippen molar-refractivity contribution in [2.24, 2.45) is 0 Å². The molecule has 0 aliphatic heterocycles. The number of carboxylic acids is 1.